The summed E-state index contributed by atoms with van der Waals surface area (Å²) in [6.07, 6.45) is 2.75. The first-order valence-electron chi connectivity index (χ1n) is 5.73. The number of ether oxygens (including phenoxy) is 1. The molecule has 4 heteroatoms. The number of rotatable bonds is 1. The minimum Gasteiger partial charge on any atom is -0.384 e. The molecule has 0 spiro atoms. The quantitative estimate of drug-likeness (QED) is 0.794. The first kappa shape index (κ1) is 11.5. The number of nitrogens with two attached hydrogens (primary N) is 1. The van der Waals surface area contributed by atoms with Crippen molar-refractivity contribution in [2.45, 2.75) is 58.3 Å². The van der Waals surface area contributed by atoms with Crippen molar-refractivity contribution in [3.05, 3.63) is 11.8 Å². The van der Waals surface area contributed by atoms with Crippen LogP contribution >= 0.6 is 0 Å². The largest absolute Gasteiger partial charge is 0.384 e. The number of nitrogens with zero attached hydrogens (tertiary/aromatic N) is 2. The molecular weight excluding hydrogens is 202 g/mol. The molecule has 16 heavy (non-hydrogen) atoms. The van der Waals surface area contributed by atoms with Crippen molar-refractivity contribution in [1.29, 1.82) is 0 Å². The van der Waals surface area contributed by atoms with E-state index < -0.39 is 0 Å². The number of hydrogen-bond donors (Lipinski definition) is 1. The van der Waals surface area contributed by atoms with Crippen LogP contribution in [0.4, 0.5) is 5.82 Å². The molecule has 0 aromatic carbocycles. The van der Waals surface area contributed by atoms with E-state index in [4.69, 9.17) is 10.5 Å². The second kappa shape index (κ2) is 3.23. The summed E-state index contributed by atoms with van der Waals surface area (Å²) >= 11 is 0. The second-order valence-electron chi connectivity index (χ2n) is 5.84. The smallest absolute Gasteiger partial charge is 0.125 e. The summed E-state index contributed by atoms with van der Waals surface area (Å²) in [5.74, 6) is 0.749. The Morgan fingerprint density at radius 2 is 2.06 bits per heavy atom. The van der Waals surface area contributed by atoms with Crippen LogP contribution < -0.4 is 5.73 Å². The molecule has 1 unspecified atom stereocenters. The van der Waals surface area contributed by atoms with E-state index in [0.29, 0.717) is 0 Å². The maximum Gasteiger partial charge on any atom is 0.125 e. The van der Waals surface area contributed by atoms with Gasteiger partial charge < -0.3 is 10.5 Å². The van der Waals surface area contributed by atoms with E-state index in [-0.39, 0.29) is 17.2 Å². The Morgan fingerprint density at radius 1 is 1.44 bits per heavy atom. The van der Waals surface area contributed by atoms with Crippen molar-refractivity contribution < 1.29 is 4.74 Å². The van der Waals surface area contributed by atoms with Gasteiger partial charge in [0.1, 0.15) is 5.82 Å². The standard InChI is InChI=1S/C12H21N3O/c1-8-7-14-15(10(8)13)9-6-11(2,3)16-12(9,4)5/h7,9H,6,13H2,1-5H3. The van der Waals surface area contributed by atoms with E-state index in [1.165, 1.54) is 0 Å². The van der Waals surface area contributed by atoms with E-state index in [1.54, 1.807) is 0 Å². The Hall–Kier alpha value is -1.03. The predicted octanol–water partition coefficient (Wildman–Crippen LogP) is 2.29. The Balaban J connectivity index is 2.38. The van der Waals surface area contributed by atoms with Crippen LogP contribution in [0.1, 0.15) is 45.7 Å². The van der Waals surface area contributed by atoms with Crippen LogP contribution in [0.15, 0.2) is 6.20 Å². The van der Waals surface area contributed by atoms with Gasteiger partial charge in [0.25, 0.3) is 0 Å². The normalized spacial score (nSPS) is 27.2. The van der Waals surface area contributed by atoms with Gasteiger partial charge in [0.15, 0.2) is 0 Å². The molecule has 0 amide bonds. The third-order valence-corrected chi connectivity index (χ3v) is 3.35. The zero-order valence-electron chi connectivity index (χ0n) is 10.7. The fourth-order valence-corrected chi connectivity index (χ4v) is 2.62. The lowest BCUT2D eigenvalue weighted by atomic mass is 9.94. The summed E-state index contributed by atoms with van der Waals surface area (Å²) in [6, 6.07) is 0.205. The van der Waals surface area contributed by atoms with Crippen molar-refractivity contribution in [3.63, 3.8) is 0 Å². The molecule has 1 aromatic rings. The van der Waals surface area contributed by atoms with Crippen LogP contribution in [0, 0.1) is 6.92 Å². The van der Waals surface area contributed by atoms with Crippen molar-refractivity contribution >= 4 is 5.82 Å². The summed E-state index contributed by atoms with van der Waals surface area (Å²) in [7, 11) is 0. The van der Waals surface area contributed by atoms with Crippen LogP contribution in [-0.2, 0) is 4.74 Å². The van der Waals surface area contributed by atoms with E-state index >= 15 is 0 Å². The number of anilines is 1. The van der Waals surface area contributed by atoms with Crippen molar-refractivity contribution in [2.24, 2.45) is 0 Å². The van der Waals surface area contributed by atoms with Gasteiger partial charge in [-0.15, -0.1) is 0 Å². The molecule has 1 atom stereocenters. The molecule has 0 radical (unpaired) electrons. The Morgan fingerprint density at radius 3 is 2.44 bits per heavy atom. The van der Waals surface area contributed by atoms with Gasteiger partial charge in [-0.2, -0.15) is 5.10 Å². The Bertz CT molecular complexity index is 406. The summed E-state index contributed by atoms with van der Waals surface area (Å²) in [6.45, 7) is 10.4. The molecule has 2 N–H and O–H groups in total. The lowest BCUT2D eigenvalue weighted by Gasteiger charge is -2.27. The van der Waals surface area contributed by atoms with Gasteiger partial charge in [0, 0.05) is 12.0 Å². The molecule has 0 saturated carbocycles. The highest BCUT2D eigenvalue weighted by Crippen LogP contribution is 2.45. The first-order valence-corrected chi connectivity index (χ1v) is 5.73. The monoisotopic (exact) mass is 223 g/mol. The average molecular weight is 223 g/mol. The van der Waals surface area contributed by atoms with Gasteiger partial charge >= 0.3 is 0 Å². The number of hydrogen-bond acceptors (Lipinski definition) is 3. The highest BCUT2D eigenvalue weighted by atomic mass is 16.5. The van der Waals surface area contributed by atoms with Crippen molar-refractivity contribution in [2.75, 3.05) is 5.73 Å². The maximum atomic E-state index is 6.05. The highest BCUT2D eigenvalue weighted by molar-refractivity contribution is 5.38. The molecule has 2 rings (SSSR count). The first-order chi connectivity index (χ1) is 7.23. The minimum atomic E-state index is -0.226. The summed E-state index contributed by atoms with van der Waals surface area (Å²) in [4.78, 5) is 0. The van der Waals surface area contributed by atoms with E-state index in [2.05, 4.69) is 32.8 Å². The predicted molar refractivity (Wildman–Crippen MR) is 64.3 cm³/mol. The van der Waals surface area contributed by atoms with E-state index in [9.17, 15) is 0 Å². The van der Waals surface area contributed by atoms with Gasteiger partial charge in [0.05, 0.1) is 23.4 Å². The third-order valence-electron chi connectivity index (χ3n) is 3.35. The summed E-state index contributed by atoms with van der Waals surface area (Å²) in [5.41, 5.74) is 6.73. The molecule has 1 fully saturated rings. The second-order valence-corrected chi connectivity index (χ2v) is 5.84. The van der Waals surface area contributed by atoms with E-state index in [0.717, 1.165) is 17.8 Å². The maximum absolute atomic E-state index is 6.05. The lowest BCUT2D eigenvalue weighted by molar-refractivity contribution is -0.0735. The average Bonchev–Trinajstić information content (AvgIpc) is 2.52. The van der Waals surface area contributed by atoms with E-state index in [1.807, 2.05) is 17.8 Å². The van der Waals surface area contributed by atoms with Crippen LogP contribution in [0.2, 0.25) is 0 Å². The van der Waals surface area contributed by atoms with Crippen LogP contribution in [0.5, 0.6) is 0 Å². The van der Waals surface area contributed by atoms with Crippen LogP contribution in [0.25, 0.3) is 0 Å². The SMILES string of the molecule is Cc1cnn(C2CC(C)(C)OC2(C)C)c1N. The Kier molecular flexibility index (Phi) is 2.31. The lowest BCUT2D eigenvalue weighted by Crippen LogP contribution is -2.32. The molecule has 0 aliphatic carbocycles. The molecule has 1 aliphatic rings. The molecule has 0 bridgehead atoms. The third kappa shape index (κ3) is 1.71. The molecule has 90 valence electrons. The molecule has 2 heterocycles. The molecule has 1 saturated heterocycles. The highest BCUT2D eigenvalue weighted by Gasteiger charge is 2.47. The number of aryl methyl sites for hydroxylation is 1. The zero-order valence-corrected chi connectivity index (χ0v) is 10.7. The molecule has 4 nitrogen and oxygen atoms in total. The van der Waals surface area contributed by atoms with Gasteiger partial charge in [-0.25, -0.2) is 4.68 Å². The van der Waals surface area contributed by atoms with Gasteiger partial charge in [-0.3, -0.25) is 0 Å². The number of aromatic nitrogens is 2. The van der Waals surface area contributed by atoms with Crippen molar-refractivity contribution in [3.8, 4) is 0 Å². The summed E-state index contributed by atoms with van der Waals surface area (Å²) < 4.78 is 7.96. The fraction of sp³-hybridized carbons (Fsp3) is 0.750. The zero-order chi connectivity index (χ0) is 12.1. The number of nitrogen functional groups attached to an aromatic ring is 1. The van der Waals surface area contributed by atoms with Gasteiger partial charge in [-0.05, 0) is 34.6 Å². The molecule has 1 aliphatic heterocycles. The van der Waals surface area contributed by atoms with Crippen molar-refractivity contribution in [1.82, 2.24) is 9.78 Å². The fourth-order valence-electron chi connectivity index (χ4n) is 2.62. The summed E-state index contributed by atoms with van der Waals surface area (Å²) in [5, 5.41) is 4.37. The Labute approximate surface area is 96.8 Å². The minimum absolute atomic E-state index is 0.111. The topological polar surface area (TPSA) is 53.1 Å². The molecule has 1 aromatic heterocycles. The van der Waals surface area contributed by atoms with Gasteiger partial charge in [0.2, 0.25) is 0 Å². The van der Waals surface area contributed by atoms with Crippen LogP contribution in [-0.4, -0.2) is 21.0 Å². The van der Waals surface area contributed by atoms with Gasteiger partial charge in [-0.1, -0.05) is 0 Å². The molecular formula is C12H21N3O. The van der Waals surface area contributed by atoms with Crippen LogP contribution in [0.3, 0.4) is 0 Å².